The number of nitrogens with one attached hydrogen (secondary N) is 1. The zero-order valence-corrected chi connectivity index (χ0v) is 13.6. The zero-order chi connectivity index (χ0) is 15.0. The fourth-order valence-corrected chi connectivity index (χ4v) is 2.57. The maximum atomic E-state index is 11.7. The quantitative estimate of drug-likeness (QED) is 0.540. The van der Waals surface area contributed by atoms with E-state index in [0.717, 1.165) is 32.4 Å². The molecule has 0 aromatic heterocycles. The van der Waals surface area contributed by atoms with Gasteiger partial charge in [-0.2, -0.15) is 0 Å². The van der Waals surface area contributed by atoms with Crippen molar-refractivity contribution in [2.24, 2.45) is 5.73 Å². The number of hydrogen-bond acceptors (Lipinski definition) is 3. The second-order valence-electron chi connectivity index (χ2n) is 6.36. The third kappa shape index (κ3) is 6.23. The number of carbonyl (C=O) groups is 1. The lowest BCUT2D eigenvalue weighted by Crippen LogP contribution is -2.54. The van der Waals surface area contributed by atoms with Gasteiger partial charge in [0.2, 0.25) is 5.91 Å². The number of nitrogens with two attached hydrogens (primary N) is 1. The molecule has 0 heterocycles. The van der Waals surface area contributed by atoms with Gasteiger partial charge in [-0.05, 0) is 65.1 Å². The molecule has 1 fully saturated rings. The molecule has 1 rings (SSSR count). The van der Waals surface area contributed by atoms with Gasteiger partial charge in [-0.15, -0.1) is 0 Å². The number of nitrogens with zero attached hydrogens (tertiary/aromatic N) is 1. The van der Waals surface area contributed by atoms with Gasteiger partial charge >= 0.3 is 0 Å². The van der Waals surface area contributed by atoms with E-state index in [1.807, 2.05) is 6.92 Å². The summed E-state index contributed by atoms with van der Waals surface area (Å²) >= 11 is 0. The Kier molecular flexibility index (Phi) is 7.52. The number of carbonyl (C=O) groups excluding carboxylic acids is 1. The maximum absolute atomic E-state index is 11.7. The summed E-state index contributed by atoms with van der Waals surface area (Å²) < 4.78 is 0. The Balaban J connectivity index is 2.24. The second-order valence-corrected chi connectivity index (χ2v) is 6.36. The second kappa shape index (κ2) is 8.63. The Labute approximate surface area is 124 Å². The highest BCUT2D eigenvalue weighted by Crippen LogP contribution is 2.25. The van der Waals surface area contributed by atoms with Gasteiger partial charge in [-0.25, -0.2) is 0 Å². The predicted octanol–water partition coefficient (Wildman–Crippen LogP) is 2.27. The van der Waals surface area contributed by atoms with Crippen LogP contribution in [-0.2, 0) is 4.79 Å². The van der Waals surface area contributed by atoms with Gasteiger partial charge in [0.25, 0.3) is 0 Å². The highest BCUT2D eigenvalue weighted by atomic mass is 16.1. The predicted molar refractivity (Wildman–Crippen MR) is 84.6 cm³/mol. The highest BCUT2D eigenvalue weighted by molar-refractivity contribution is 5.84. The highest BCUT2D eigenvalue weighted by Gasteiger charge is 2.36. The van der Waals surface area contributed by atoms with Crippen LogP contribution in [0.2, 0.25) is 0 Å². The Morgan fingerprint density at radius 3 is 2.40 bits per heavy atom. The SMILES string of the molecule is CCCCN(CC)CCCCC(C)(NC1CC1)C(N)=O. The van der Waals surface area contributed by atoms with Crippen LogP contribution < -0.4 is 11.1 Å². The van der Waals surface area contributed by atoms with Crippen molar-refractivity contribution < 1.29 is 4.79 Å². The molecule has 1 atom stereocenters. The molecule has 4 heteroatoms. The van der Waals surface area contributed by atoms with E-state index in [1.165, 1.54) is 32.2 Å². The van der Waals surface area contributed by atoms with Gasteiger partial charge in [0.15, 0.2) is 0 Å². The van der Waals surface area contributed by atoms with E-state index in [2.05, 4.69) is 24.1 Å². The van der Waals surface area contributed by atoms with Crippen LogP contribution in [0.15, 0.2) is 0 Å². The van der Waals surface area contributed by atoms with E-state index in [-0.39, 0.29) is 5.91 Å². The Bertz CT molecular complexity index is 291. The maximum Gasteiger partial charge on any atom is 0.237 e. The first-order valence-corrected chi connectivity index (χ1v) is 8.31. The van der Waals surface area contributed by atoms with Crippen LogP contribution in [0.1, 0.15) is 65.7 Å². The summed E-state index contributed by atoms with van der Waals surface area (Å²) in [5.41, 5.74) is 5.06. The van der Waals surface area contributed by atoms with Crippen molar-refractivity contribution in [1.29, 1.82) is 0 Å². The average Bonchev–Trinajstić information content (AvgIpc) is 3.21. The van der Waals surface area contributed by atoms with Crippen molar-refractivity contribution in [3.8, 4) is 0 Å². The first-order valence-electron chi connectivity index (χ1n) is 8.31. The van der Waals surface area contributed by atoms with Gasteiger partial charge < -0.3 is 16.0 Å². The molecule has 0 bridgehead atoms. The van der Waals surface area contributed by atoms with Crippen molar-refractivity contribution in [2.75, 3.05) is 19.6 Å². The number of unbranched alkanes of at least 4 members (excludes halogenated alkanes) is 2. The fraction of sp³-hybridized carbons (Fsp3) is 0.938. The van der Waals surface area contributed by atoms with Crippen LogP contribution in [0.5, 0.6) is 0 Å². The smallest absolute Gasteiger partial charge is 0.237 e. The molecule has 1 unspecified atom stereocenters. The molecule has 1 aliphatic rings. The van der Waals surface area contributed by atoms with Crippen LogP contribution in [-0.4, -0.2) is 42.0 Å². The van der Waals surface area contributed by atoms with Gasteiger partial charge in [0.1, 0.15) is 0 Å². The van der Waals surface area contributed by atoms with E-state index in [0.29, 0.717) is 6.04 Å². The molecule has 1 saturated carbocycles. The molecular weight excluding hydrogens is 250 g/mol. The molecule has 1 aliphatic carbocycles. The third-order valence-corrected chi connectivity index (χ3v) is 4.32. The van der Waals surface area contributed by atoms with Crippen molar-refractivity contribution in [2.45, 2.75) is 77.3 Å². The normalized spacial score (nSPS) is 18.2. The van der Waals surface area contributed by atoms with E-state index >= 15 is 0 Å². The number of amides is 1. The Morgan fingerprint density at radius 2 is 1.90 bits per heavy atom. The Hall–Kier alpha value is -0.610. The van der Waals surface area contributed by atoms with Crippen molar-refractivity contribution in [3.05, 3.63) is 0 Å². The summed E-state index contributed by atoms with van der Waals surface area (Å²) in [4.78, 5) is 14.2. The number of rotatable bonds is 12. The van der Waals surface area contributed by atoms with Gasteiger partial charge in [-0.3, -0.25) is 4.79 Å². The van der Waals surface area contributed by atoms with E-state index < -0.39 is 5.54 Å². The van der Waals surface area contributed by atoms with E-state index in [4.69, 9.17) is 5.73 Å². The molecule has 0 spiro atoms. The molecule has 0 aromatic carbocycles. The van der Waals surface area contributed by atoms with Crippen LogP contribution >= 0.6 is 0 Å². The molecule has 3 N–H and O–H groups in total. The van der Waals surface area contributed by atoms with Gasteiger partial charge in [0, 0.05) is 6.04 Å². The lowest BCUT2D eigenvalue weighted by atomic mass is 9.93. The third-order valence-electron chi connectivity index (χ3n) is 4.32. The molecule has 118 valence electrons. The van der Waals surface area contributed by atoms with Crippen LogP contribution in [0.4, 0.5) is 0 Å². The largest absolute Gasteiger partial charge is 0.368 e. The minimum Gasteiger partial charge on any atom is -0.368 e. The number of primary amides is 1. The standard InChI is InChI=1S/C16H33N3O/c1-4-6-12-19(5-2)13-8-7-11-16(3,15(17)20)18-14-9-10-14/h14,18H,4-13H2,1-3H3,(H2,17,20). The van der Waals surface area contributed by atoms with Crippen LogP contribution in [0, 0.1) is 0 Å². The fourth-order valence-electron chi connectivity index (χ4n) is 2.57. The average molecular weight is 283 g/mol. The van der Waals surface area contributed by atoms with E-state index in [9.17, 15) is 4.79 Å². The molecule has 1 amide bonds. The van der Waals surface area contributed by atoms with Crippen LogP contribution in [0.3, 0.4) is 0 Å². The minimum atomic E-state index is -0.512. The molecule has 4 nitrogen and oxygen atoms in total. The van der Waals surface area contributed by atoms with Crippen molar-refractivity contribution in [3.63, 3.8) is 0 Å². The molecule has 0 aromatic rings. The van der Waals surface area contributed by atoms with Gasteiger partial charge in [0.05, 0.1) is 5.54 Å². The number of hydrogen-bond donors (Lipinski definition) is 2. The van der Waals surface area contributed by atoms with Gasteiger partial charge in [-0.1, -0.05) is 20.3 Å². The lowest BCUT2D eigenvalue weighted by Gasteiger charge is -2.28. The molecule has 20 heavy (non-hydrogen) atoms. The monoisotopic (exact) mass is 283 g/mol. The first kappa shape index (κ1) is 17.4. The lowest BCUT2D eigenvalue weighted by molar-refractivity contribution is -0.124. The molecule has 0 saturated heterocycles. The summed E-state index contributed by atoms with van der Waals surface area (Å²) in [6, 6.07) is 0.518. The first-order chi connectivity index (χ1) is 9.51. The summed E-state index contributed by atoms with van der Waals surface area (Å²) in [5.74, 6) is -0.206. The topological polar surface area (TPSA) is 58.4 Å². The molecular formula is C16H33N3O. The van der Waals surface area contributed by atoms with E-state index in [1.54, 1.807) is 0 Å². The summed E-state index contributed by atoms with van der Waals surface area (Å²) in [6.07, 6.45) is 7.95. The minimum absolute atomic E-state index is 0.206. The Morgan fingerprint density at radius 1 is 1.25 bits per heavy atom. The molecule has 0 aliphatic heterocycles. The summed E-state index contributed by atoms with van der Waals surface area (Å²) in [6.45, 7) is 9.86. The zero-order valence-electron chi connectivity index (χ0n) is 13.6. The van der Waals surface area contributed by atoms with Crippen LogP contribution in [0.25, 0.3) is 0 Å². The summed E-state index contributed by atoms with van der Waals surface area (Å²) in [5, 5.41) is 3.42. The summed E-state index contributed by atoms with van der Waals surface area (Å²) in [7, 11) is 0. The van der Waals surface area contributed by atoms with Crippen molar-refractivity contribution >= 4 is 5.91 Å². The molecule has 0 radical (unpaired) electrons. The van der Waals surface area contributed by atoms with Crippen molar-refractivity contribution in [1.82, 2.24) is 10.2 Å².